The van der Waals surface area contributed by atoms with Gasteiger partial charge >= 0.3 is 0 Å². The minimum Gasteiger partial charge on any atom is -0.485 e. The van der Waals surface area contributed by atoms with Crippen LogP contribution in [0.25, 0.3) is 0 Å². The van der Waals surface area contributed by atoms with E-state index < -0.39 is 0 Å². The summed E-state index contributed by atoms with van der Waals surface area (Å²) in [6.07, 6.45) is 0. The third-order valence-electron chi connectivity index (χ3n) is 2.77. The van der Waals surface area contributed by atoms with Gasteiger partial charge in [-0.05, 0) is 32.0 Å². The summed E-state index contributed by atoms with van der Waals surface area (Å²) in [4.78, 5) is 14.2. The van der Waals surface area contributed by atoms with Crippen LogP contribution in [0.2, 0.25) is 5.02 Å². The quantitative estimate of drug-likeness (QED) is 0.797. The lowest BCUT2D eigenvalue weighted by molar-refractivity contribution is 0.0921. The summed E-state index contributed by atoms with van der Waals surface area (Å²) >= 11 is 7.50. The van der Waals surface area contributed by atoms with Crippen molar-refractivity contribution < 1.29 is 9.53 Å². The fourth-order valence-corrected chi connectivity index (χ4v) is 2.97. The third-order valence-corrected chi connectivity index (χ3v) is 4.05. The SMILES string of the molecule is Cc1cc(C(=O)COc2ccc(C#N)c(Cl)c2)c(C)s1. The maximum absolute atomic E-state index is 12.1. The van der Waals surface area contributed by atoms with Crippen molar-refractivity contribution in [3.8, 4) is 11.8 Å². The van der Waals surface area contributed by atoms with Gasteiger partial charge in [-0.25, -0.2) is 0 Å². The van der Waals surface area contributed by atoms with Crippen LogP contribution < -0.4 is 4.74 Å². The zero-order valence-electron chi connectivity index (χ0n) is 11.1. The van der Waals surface area contributed by atoms with Gasteiger partial charge < -0.3 is 4.74 Å². The largest absolute Gasteiger partial charge is 0.485 e. The number of aryl methyl sites for hydroxylation is 2. The number of nitrogens with zero attached hydrogens (tertiary/aromatic N) is 1. The van der Waals surface area contributed by atoms with E-state index in [2.05, 4.69) is 0 Å². The molecule has 0 radical (unpaired) electrons. The molecule has 2 aromatic rings. The van der Waals surface area contributed by atoms with E-state index in [0.29, 0.717) is 21.9 Å². The number of carbonyl (C=O) groups is 1. The van der Waals surface area contributed by atoms with Crippen LogP contribution in [-0.2, 0) is 0 Å². The second kappa shape index (κ2) is 6.08. The number of hydrogen-bond donors (Lipinski definition) is 0. The molecule has 0 aliphatic rings. The average molecular weight is 306 g/mol. The van der Waals surface area contributed by atoms with Crippen molar-refractivity contribution in [3.63, 3.8) is 0 Å². The van der Waals surface area contributed by atoms with Crippen LogP contribution in [0.15, 0.2) is 24.3 Å². The van der Waals surface area contributed by atoms with Gasteiger partial charge in [0.15, 0.2) is 6.61 Å². The van der Waals surface area contributed by atoms with E-state index in [-0.39, 0.29) is 12.4 Å². The highest BCUT2D eigenvalue weighted by molar-refractivity contribution is 7.12. The minimum atomic E-state index is -0.0627. The highest BCUT2D eigenvalue weighted by Gasteiger charge is 2.13. The van der Waals surface area contributed by atoms with Crippen LogP contribution in [0.1, 0.15) is 25.7 Å². The summed E-state index contributed by atoms with van der Waals surface area (Å²) in [5.74, 6) is 0.416. The molecule has 1 aromatic heterocycles. The van der Waals surface area contributed by atoms with Crippen LogP contribution in [0.3, 0.4) is 0 Å². The number of benzene rings is 1. The molecule has 2 rings (SSSR count). The Morgan fingerprint density at radius 2 is 2.15 bits per heavy atom. The average Bonchev–Trinajstić information content (AvgIpc) is 2.75. The van der Waals surface area contributed by atoms with E-state index >= 15 is 0 Å². The molecular weight excluding hydrogens is 294 g/mol. The zero-order valence-corrected chi connectivity index (χ0v) is 12.6. The van der Waals surface area contributed by atoms with E-state index in [4.69, 9.17) is 21.6 Å². The molecule has 0 spiro atoms. The summed E-state index contributed by atoms with van der Waals surface area (Å²) in [6, 6.07) is 8.58. The number of hydrogen-bond acceptors (Lipinski definition) is 4. The summed E-state index contributed by atoms with van der Waals surface area (Å²) < 4.78 is 5.43. The summed E-state index contributed by atoms with van der Waals surface area (Å²) in [6.45, 7) is 3.85. The Balaban J connectivity index is 2.06. The number of Topliss-reactive ketones (excluding diaryl/α,β-unsaturated/α-hetero) is 1. The Morgan fingerprint density at radius 1 is 1.40 bits per heavy atom. The predicted octanol–water partition coefficient (Wildman–Crippen LogP) is 4.15. The molecule has 5 heteroatoms. The first-order valence-corrected chi connectivity index (χ1v) is 7.13. The molecule has 0 saturated heterocycles. The van der Waals surface area contributed by atoms with Gasteiger partial charge in [0.25, 0.3) is 0 Å². The molecule has 1 heterocycles. The Bertz CT molecular complexity index is 700. The van der Waals surface area contributed by atoms with Crippen LogP contribution in [0, 0.1) is 25.2 Å². The van der Waals surface area contributed by atoms with E-state index in [1.54, 1.807) is 29.5 Å². The van der Waals surface area contributed by atoms with E-state index in [0.717, 1.165) is 9.75 Å². The van der Waals surface area contributed by atoms with Gasteiger partial charge in [0.05, 0.1) is 10.6 Å². The van der Waals surface area contributed by atoms with Crippen molar-refractivity contribution in [2.75, 3.05) is 6.61 Å². The standard InChI is InChI=1S/C15H12ClNO2S/c1-9-5-13(10(2)20-9)15(18)8-19-12-4-3-11(7-17)14(16)6-12/h3-6H,8H2,1-2H3. The zero-order chi connectivity index (χ0) is 14.7. The first-order chi connectivity index (χ1) is 9.51. The summed E-state index contributed by atoms with van der Waals surface area (Å²) in [7, 11) is 0. The fourth-order valence-electron chi connectivity index (χ4n) is 1.81. The Morgan fingerprint density at radius 3 is 2.70 bits per heavy atom. The molecule has 20 heavy (non-hydrogen) atoms. The van der Waals surface area contributed by atoms with Gasteiger partial charge in [0, 0.05) is 21.4 Å². The topological polar surface area (TPSA) is 50.1 Å². The molecule has 0 aliphatic carbocycles. The van der Waals surface area contributed by atoms with Crippen LogP contribution in [0.5, 0.6) is 5.75 Å². The summed E-state index contributed by atoms with van der Waals surface area (Å²) in [5.41, 5.74) is 1.09. The number of carbonyl (C=O) groups excluding carboxylic acids is 1. The number of rotatable bonds is 4. The second-order valence-corrected chi connectivity index (χ2v) is 6.16. The number of nitriles is 1. The Hall–Kier alpha value is -1.83. The molecule has 0 aliphatic heterocycles. The summed E-state index contributed by atoms with van der Waals surface area (Å²) in [5, 5.41) is 9.10. The maximum Gasteiger partial charge on any atom is 0.201 e. The lowest BCUT2D eigenvalue weighted by Crippen LogP contribution is -2.11. The van der Waals surface area contributed by atoms with Gasteiger partial charge in [-0.2, -0.15) is 5.26 Å². The van der Waals surface area contributed by atoms with E-state index in [9.17, 15) is 4.79 Å². The van der Waals surface area contributed by atoms with E-state index in [1.165, 1.54) is 0 Å². The third kappa shape index (κ3) is 3.19. The second-order valence-electron chi connectivity index (χ2n) is 4.29. The molecule has 3 nitrogen and oxygen atoms in total. The maximum atomic E-state index is 12.1. The normalized spacial score (nSPS) is 10.1. The van der Waals surface area contributed by atoms with Crippen molar-refractivity contribution in [1.82, 2.24) is 0 Å². The number of halogens is 1. The number of ether oxygens (including phenoxy) is 1. The molecule has 0 atom stereocenters. The fraction of sp³-hybridized carbons (Fsp3) is 0.200. The van der Waals surface area contributed by atoms with Crippen molar-refractivity contribution in [1.29, 1.82) is 5.26 Å². The Kier molecular flexibility index (Phi) is 4.43. The molecule has 0 bridgehead atoms. The predicted molar refractivity (Wildman–Crippen MR) is 79.8 cm³/mol. The highest BCUT2D eigenvalue weighted by atomic mass is 35.5. The van der Waals surface area contributed by atoms with Crippen molar-refractivity contribution in [3.05, 3.63) is 50.2 Å². The molecular formula is C15H12ClNO2S. The van der Waals surface area contributed by atoms with Crippen LogP contribution >= 0.6 is 22.9 Å². The van der Waals surface area contributed by atoms with Gasteiger partial charge in [-0.3, -0.25) is 4.79 Å². The molecule has 0 amide bonds. The minimum absolute atomic E-state index is 0.0424. The Labute approximate surface area is 126 Å². The molecule has 0 fully saturated rings. The number of ketones is 1. The molecule has 0 saturated carbocycles. The smallest absolute Gasteiger partial charge is 0.201 e. The van der Waals surface area contributed by atoms with Gasteiger partial charge in [0.2, 0.25) is 5.78 Å². The molecule has 0 unspecified atom stereocenters. The van der Waals surface area contributed by atoms with Crippen molar-refractivity contribution >= 4 is 28.7 Å². The molecule has 102 valence electrons. The highest BCUT2D eigenvalue weighted by Crippen LogP contribution is 2.23. The van der Waals surface area contributed by atoms with Crippen molar-refractivity contribution in [2.45, 2.75) is 13.8 Å². The monoisotopic (exact) mass is 305 g/mol. The van der Waals surface area contributed by atoms with Crippen LogP contribution in [-0.4, -0.2) is 12.4 Å². The van der Waals surface area contributed by atoms with E-state index in [1.807, 2.05) is 26.0 Å². The van der Waals surface area contributed by atoms with Gasteiger partial charge in [-0.15, -0.1) is 11.3 Å². The van der Waals surface area contributed by atoms with Crippen molar-refractivity contribution in [2.24, 2.45) is 0 Å². The van der Waals surface area contributed by atoms with Gasteiger partial charge in [-0.1, -0.05) is 11.6 Å². The first-order valence-electron chi connectivity index (χ1n) is 5.94. The first kappa shape index (κ1) is 14.6. The molecule has 1 aromatic carbocycles. The van der Waals surface area contributed by atoms with Crippen LogP contribution in [0.4, 0.5) is 0 Å². The lowest BCUT2D eigenvalue weighted by Gasteiger charge is -2.06. The number of thiophene rings is 1. The molecule has 0 N–H and O–H groups in total. The lowest BCUT2D eigenvalue weighted by atomic mass is 10.2. The van der Waals surface area contributed by atoms with Gasteiger partial charge in [0.1, 0.15) is 11.8 Å².